The van der Waals surface area contributed by atoms with Gasteiger partial charge in [-0.15, -0.1) is 0 Å². The van der Waals surface area contributed by atoms with Crippen molar-refractivity contribution in [3.8, 4) is 0 Å². The zero-order valence-corrected chi connectivity index (χ0v) is 17.5. The minimum absolute atomic E-state index is 0.0763. The summed E-state index contributed by atoms with van der Waals surface area (Å²) in [4.78, 5) is 10.9. The molecule has 0 aromatic rings. The number of allylic oxidation sites excluding steroid dienone is 2. The number of aliphatic hydroxyl groups is 2. The molecule has 0 amide bonds. The van der Waals surface area contributed by atoms with E-state index in [4.69, 9.17) is 10.2 Å². The molecular weight excluding hydrogens is 328 g/mol. The van der Waals surface area contributed by atoms with Crippen LogP contribution in [0, 0.1) is 0 Å². The van der Waals surface area contributed by atoms with Crippen molar-refractivity contribution in [1.82, 2.24) is 0 Å². The molecule has 0 saturated carbocycles. The van der Waals surface area contributed by atoms with E-state index in [9.17, 15) is 4.79 Å². The van der Waals surface area contributed by atoms with Crippen LogP contribution in [0.2, 0.25) is 0 Å². The number of esters is 1. The zero-order chi connectivity index (χ0) is 19.9. The Morgan fingerprint density at radius 2 is 1.31 bits per heavy atom. The Kier molecular flexibility index (Phi) is 25.4. The second-order valence-electron chi connectivity index (χ2n) is 6.94. The van der Waals surface area contributed by atoms with Gasteiger partial charge in [0, 0.05) is 6.42 Å². The number of carbonyl (C=O) groups is 1. The topological polar surface area (TPSA) is 66.8 Å². The van der Waals surface area contributed by atoms with Crippen molar-refractivity contribution in [2.45, 2.75) is 110 Å². The highest BCUT2D eigenvalue weighted by Gasteiger charge is 1.98. The van der Waals surface area contributed by atoms with E-state index in [2.05, 4.69) is 23.8 Å². The van der Waals surface area contributed by atoms with Gasteiger partial charge in [0.15, 0.2) is 0 Å². The number of methoxy groups -OCH3 is 1. The molecular formula is C22H44O4. The van der Waals surface area contributed by atoms with E-state index >= 15 is 0 Å². The number of hydrogen-bond acceptors (Lipinski definition) is 4. The molecule has 0 aliphatic carbocycles. The number of hydrogen-bond donors (Lipinski definition) is 2. The molecule has 0 aromatic carbocycles. The Morgan fingerprint density at radius 1 is 0.885 bits per heavy atom. The summed E-state index contributed by atoms with van der Waals surface area (Å²) < 4.78 is 4.62. The van der Waals surface area contributed by atoms with Gasteiger partial charge in [0.1, 0.15) is 0 Å². The van der Waals surface area contributed by atoms with Gasteiger partial charge < -0.3 is 14.9 Å². The summed E-state index contributed by atoms with van der Waals surface area (Å²) in [5, 5.41) is 16.0. The Bertz CT molecular complexity index is 301. The second kappa shape index (κ2) is 24.1. The molecule has 0 bridgehead atoms. The van der Waals surface area contributed by atoms with E-state index in [1.165, 1.54) is 84.7 Å². The summed E-state index contributed by atoms with van der Waals surface area (Å²) in [5.74, 6) is -0.0763. The van der Waals surface area contributed by atoms with Crippen molar-refractivity contribution >= 4 is 5.97 Å². The molecule has 0 rings (SSSR count). The van der Waals surface area contributed by atoms with Crippen molar-refractivity contribution in [1.29, 1.82) is 0 Å². The van der Waals surface area contributed by atoms with Crippen molar-refractivity contribution in [2.75, 3.05) is 13.7 Å². The van der Waals surface area contributed by atoms with E-state index in [0.717, 1.165) is 12.8 Å². The van der Waals surface area contributed by atoms with Crippen LogP contribution in [-0.2, 0) is 9.53 Å². The lowest BCUT2D eigenvalue weighted by molar-refractivity contribution is -0.140. The smallest absolute Gasteiger partial charge is 0.305 e. The summed E-state index contributed by atoms with van der Waals surface area (Å²) in [6.07, 6.45) is 21.4. The normalized spacial score (nSPS) is 11.9. The Labute approximate surface area is 162 Å². The Morgan fingerprint density at radius 3 is 1.73 bits per heavy atom. The van der Waals surface area contributed by atoms with Crippen LogP contribution in [0.5, 0.6) is 0 Å². The maximum absolute atomic E-state index is 10.9. The summed E-state index contributed by atoms with van der Waals surface area (Å²) in [5.41, 5.74) is 0. The van der Waals surface area contributed by atoms with Crippen LogP contribution in [0.15, 0.2) is 12.2 Å². The third kappa shape index (κ3) is 28.0. The van der Waals surface area contributed by atoms with Crippen molar-refractivity contribution in [3.05, 3.63) is 12.2 Å². The lowest BCUT2D eigenvalue weighted by Gasteiger charge is -2.00. The van der Waals surface area contributed by atoms with Crippen LogP contribution in [0.25, 0.3) is 0 Å². The van der Waals surface area contributed by atoms with Gasteiger partial charge in [0.05, 0.1) is 19.8 Å². The molecule has 0 spiro atoms. The number of rotatable bonds is 16. The standard InChI is InChI=1S/C19H36O2.C3H8O2/c1-3-4-5-6-7-8-9-10-11-12-13-14-15-16-17-18-19(20)21-2;1-3(5)2-4/h10-11H,3-9,12-18H2,1-2H3;3-5H,2H2,1H3/b11-10-;. The number of carbonyl (C=O) groups excluding carboxylic acids is 1. The SMILES string of the molecule is CC(O)CO.CCCCCCCC/C=C\CCCCCCCC(=O)OC. The first-order chi connectivity index (χ1) is 12.6. The van der Waals surface area contributed by atoms with Gasteiger partial charge in [-0.05, 0) is 39.0 Å². The average molecular weight is 373 g/mol. The van der Waals surface area contributed by atoms with E-state index in [-0.39, 0.29) is 12.6 Å². The van der Waals surface area contributed by atoms with E-state index < -0.39 is 6.10 Å². The molecule has 2 N–H and O–H groups in total. The summed E-state index contributed by atoms with van der Waals surface area (Å²) in [7, 11) is 1.46. The highest BCUT2D eigenvalue weighted by molar-refractivity contribution is 5.68. The van der Waals surface area contributed by atoms with Gasteiger partial charge in [0.2, 0.25) is 0 Å². The lowest BCUT2D eigenvalue weighted by atomic mass is 10.1. The fourth-order valence-electron chi connectivity index (χ4n) is 2.44. The Balaban J connectivity index is 0. The molecule has 4 heteroatoms. The summed E-state index contributed by atoms with van der Waals surface area (Å²) in [6.45, 7) is 3.65. The molecule has 0 radical (unpaired) electrons. The third-order valence-corrected chi connectivity index (χ3v) is 4.13. The number of ether oxygens (including phenoxy) is 1. The fourth-order valence-corrected chi connectivity index (χ4v) is 2.44. The molecule has 1 unspecified atom stereocenters. The highest BCUT2D eigenvalue weighted by atomic mass is 16.5. The number of aliphatic hydroxyl groups excluding tert-OH is 2. The second-order valence-corrected chi connectivity index (χ2v) is 6.94. The maximum atomic E-state index is 10.9. The van der Waals surface area contributed by atoms with Gasteiger partial charge in [0.25, 0.3) is 0 Å². The van der Waals surface area contributed by atoms with Crippen LogP contribution in [0.1, 0.15) is 104 Å². The predicted molar refractivity (Wildman–Crippen MR) is 110 cm³/mol. The molecule has 4 nitrogen and oxygen atoms in total. The van der Waals surface area contributed by atoms with Crippen LogP contribution < -0.4 is 0 Å². The average Bonchev–Trinajstić information content (AvgIpc) is 2.65. The summed E-state index contributed by atoms with van der Waals surface area (Å²) in [6, 6.07) is 0. The van der Waals surface area contributed by atoms with E-state index in [1.807, 2.05) is 0 Å². The van der Waals surface area contributed by atoms with E-state index in [0.29, 0.717) is 6.42 Å². The minimum atomic E-state index is -0.560. The van der Waals surface area contributed by atoms with Gasteiger partial charge in [-0.2, -0.15) is 0 Å². The van der Waals surface area contributed by atoms with Crippen LogP contribution in [0.4, 0.5) is 0 Å². The molecule has 0 aliphatic heterocycles. The highest BCUT2D eigenvalue weighted by Crippen LogP contribution is 2.10. The molecule has 0 heterocycles. The van der Waals surface area contributed by atoms with Gasteiger partial charge >= 0.3 is 5.97 Å². The molecule has 26 heavy (non-hydrogen) atoms. The largest absolute Gasteiger partial charge is 0.469 e. The van der Waals surface area contributed by atoms with Crippen molar-refractivity contribution in [3.63, 3.8) is 0 Å². The first kappa shape index (κ1) is 27.3. The van der Waals surface area contributed by atoms with Crippen molar-refractivity contribution < 1.29 is 19.7 Å². The monoisotopic (exact) mass is 372 g/mol. The van der Waals surface area contributed by atoms with Crippen LogP contribution >= 0.6 is 0 Å². The van der Waals surface area contributed by atoms with Gasteiger partial charge in [-0.1, -0.05) is 70.4 Å². The first-order valence-electron chi connectivity index (χ1n) is 10.6. The van der Waals surface area contributed by atoms with Crippen LogP contribution in [-0.4, -0.2) is 36.0 Å². The van der Waals surface area contributed by atoms with E-state index in [1.54, 1.807) is 0 Å². The lowest BCUT2D eigenvalue weighted by Crippen LogP contribution is -2.03. The maximum Gasteiger partial charge on any atom is 0.305 e. The third-order valence-electron chi connectivity index (χ3n) is 4.13. The predicted octanol–water partition coefficient (Wildman–Crippen LogP) is 5.56. The fraction of sp³-hybridized carbons (Fsp3) is 0.864. The van der Waals surface area contributed by atoms with Gasteiger partial charge in [-0.25, -0.2) is 0 Å². The number of unbranched alkanes of at least 4 members (excludes halogenated alkanes) is 11. The van der Waals surface area contributed by atoms with Crippen LogP contribution in [0.3, 0.4) is 0 Å². The summed E-state index contributed by atoms with van der Waals surface area (Å²) >= 11 is 0. The zero-order valence-electron chi connectivity index (χ0n) is 17.5. The molecule has 0 aliphatic rings. The molecule has 0 fully saturated rings. The van der Waals surface area contributed by atoms with Crippen molar-refractivity contribution in [2.24, 2.45) is 0 Å². The van der Waals surface area contributed by atoms with Gasteiger partial charge in [-0.3, -0.25) is 4.79 Å². The first-order valence-corrected chi connectivity index (χ1v) is 10.6. The molecule has 1 atom stereocenters. The minimum Gasteiger partial charge on any atom is -0.469 e. The Hall–Kier alpha value is -0.870. The molecule has 156 valence electrons. The molecule has 0 aromatic heterocycles. The molecule has 0 saturated heterocycles. The quantitative estimate of drug-likeness (QED) is 0.211.